The fourth-order valence-electron chi connectivity index (χ4n) is 6.03. The third kappa shape index (κ3) is 27.1. The first kappa shape index (κ1) is 64.0. The fraction of sp³-hybridized carbons (Fsp3) is 0.658. The van der Waals surface area contributed by atoms with Gasteiger partial charge in [0.2, 0.25) is 47.3 Å². The highest BCUT2D eigenvalue weighted by molar-refractivity contribution is 7.86. The van der Waals surface area contributed by atoms with Crippen LogP contribution in [0.15, 0.2) is 20.0 Å². The summed E-state index contributed by atoms with van der Waals surface area (Å²) in [7, 11) is 0. The summed E-state index contributed by atoms with van der Waals surface area (Å²) in [6.45, 7) is 3.83. The molecule has 9 atom stereocenters. The van der Waals surface area contributed by atoms with E-state index in [0.29, 0.717) is 0 Å². The van der Waals surface area contributed by atoms with Gasteiger partial charge in [-0.25, -0.2) is 4.79 Å². The highest BCUT2D eigenvalue weighted by Gasteiger charge is 2.40. The molecule has 0 aromatic heterocycles. The maximum absolute atomic E-state index is 14.1. The van der Waals surface area contributed by atoms with Crippen molar-refractivity contribution in [3.8, 4) is 0 Å². The minimum absolute atomic E-state index is 0.000185. The number of rotatable bonds is 34. The normalized spacial score (nSPS) is 15.0. The topological polar surface area (TPSA) is 568 Å². The second kappa shape index (κ2) is 32.7. The van der Waals surface area contributed by atoms with Crippen LogP contribution in [0.3, 0.4) is 0 Å². The summed E-state index contributed by atoms with van der Waals surface area (Å²) in [5.74, 6) is -9.38. The quantitative estimate of drug-likeness (QED) is 0.00935. The molecular formula is C38H73N21O10S2. The summed E-state index contributed by atoms with van der Waals surface area (Å²) >= 11 is 8.07. The van der Waals surface area contributed by atoms with Crippen molar-refractivity contribution in [3.63, 3.8) is 0 Å². The van der Waals surface area contributed by atoms with Crippen LogP contribution in [0.5, 0.6) is 0 Å². The van der Waals surface area contributed by atoms with Crippen LogP contribution in [0.25, 0.3) is 0 Å². The predicted molar refractivity (Wildman–Crippen MR) is 270 cm³/mol. The van der Waals surface area contributed by atoms with Gasteiger partial charge in [0, 0.05) is 38.4 Å². The van der Waals surface area contributed by atoms with Gasteiger partial charge in [0.1, 0.15) is 42.3 Å². The second-order valence-corrected chi connectivity index (χ2v) is 17.4. The number of nitrogens with zero attached hydrogens (tertiary/aromatic N) is 4. The minimum Gasteiger partial charge on any atom is -0.479 e. The number of carboxylic acids is 1. The zero-order valence-electron chi connectivity index (χ0n) is 39.9. The molecule has 0 aliphatic rings. The lowest BCUT2D eigenvalue weighted by molar-refractivity contribution is -0.140. The molecule has 0 aliphatic heterocycles. The molecule has 9 unspecified atom stereocenters. The molecule has 402 valence electrons. The molecule has 0 saturated carbocycles. The molecule has 8 amide bonds. The maximum atomic E-state index is 14.1. The van der Waals surface area contributed by atoms with Crippen LogP contribution in [-0.2, 0) is 43.2 Å². The summed E-state index contributed by atoms with van der Waals surface area (Å²) in [5, 5.41) is 25.5. The molecule has 0 bridgehead atoms. The molecule has 31 nitrogen and oxygen atoms in total. The minimum atomic E-state index is -2.22. The number of nitrogens with two attached hydrogens (primary N) is 10. The van der Waals surface area contributed by atoms with E-state index in [2.05, 4.69) is 82.4 Å². The molecule has 0 heterocycles. The molecule has 0 radical (unpaired) electrons. The first-order valence-corrected chi connectivity index (χ1v) is 23.0. The first-order chi connectivity index (χ1) is 33.0. The Morgan fingerprint density at radius 3 is 1.06 bits per heavy atom. The Labute approximate surface area is 421 Å². The number of amides is 8. The number of aliphatic carboxylic acids is 1. The van der Waals surface area contributed by atoms with Crippen molar-refractivity contribution in [1.82, 2.24) is 37.2 Å². The van der Waals surface area contributed by atoms with E-state index in [0.717, 1.165) is 6.92 Å². The van der Waals surface area contributed by atoms with Gasteiger partial charge >= 0.3 is 5.97 Å². The van der Waals surface area contributed by atoms with E-state index < -0.39 is 112 Å². The van der Waals surface area contributed by atoms with E-state index in [1.807, 2.05) is 0 Å². The molecule has 0 spiro atoms. The number of carboxylic acid groups (broad SMARTS) is 1. The Bertz CT molecular complexity index is 1960. The Kier molecular flexibility index (Phi) is 29.5. The van der Waals surface area contributed by atoms with Crippen LogP contribution in [0, 0.1) is 0 Å². The van der Waals surface area contributed by atoms with Crippen molar-refractivity contribution in [1.29, 1.82) is 0 Å². The van der Waals surface area contributed by atoms with Gasteiger partial charge in [0.05, 0.1) is 0 Å². The van der Waals surface area contributed by atoms with Crippen LogP contribution in [-0.4, -0.2) is 161 Å². The SMILES string of the molecule is CC(=O)NC(CC(S)C(N)(S)C(=O)O)C(=O)NC(C)C(=O)NC(CCCN=C(N)N)C(=O)NC(CCCN=C(N)N)C(=O)NC(CCCN=C(N)N)C(=O)NC(C)C(=O)NC(CCCN=C(N)N)C(N)=O. The van der Waals surface area contributed by atoms with Gasteiger partial charge in [-0.1, -0.05) is 0 Å². The van der Waals surface area contributed by atoms with Gasteiger partial charge in [0.25, 0.3) is 0 Å². The van der Waals surface area contributed by atoms with Crippen molar-refractivity contribution < 1.29 is 48.3 Å². The van der Waals surface area contributed by atoms with E-state index in [-0.39, 0.29) is 101 Å². The van der Waals surface area contributed by atoms with E-state index in [1.54, 1.807) is 0 Å². The summed E-state index contributed by atoms with van der Waals surface area (Å²) in [6, 6.07) is -9.52. The molecule has 0 aliphatic carbocycles. The zero-order chi connectivity index (χ0) is 54.6. The van der Waals surface area contributed by atoms with E-state index in [1.165, 1.54) is 13.8 Å². The average Bonchev–Trinajstić information content (AvgIpc) is 3.26. The lowest BCUT2D eigenvalue weighted by atomic mass is 10.0. The Morgan fingerprint density at radius 1 is 0.479 bits per heavy atom. The lowest BCUT2D eigenvalue weighted by Crippen LogP contribution is -2.60. The monoisotopic (exact) mass is 1050 g/mol. The number of hydrogen-bond donors (Lipinski definition) is 20. The largest absolute Gasteiger partial charge is 0.479 e. The Morgan fingerprint density at radius 2 is 0.761 bits per heavy atom. The van der Waals surface area contributed by atoms with Crippen molar-refractivity contribution in [2.75, 3.05) is 26.2 Å². The lowest BCUT2D eigenvalue weighted by Gasteiger charge is -2.29. The van der Waals surface area contributed by atoms with Crippen LogP contribution < -0.4 is 94.6 Å². The van der Waals surface area contributed by atoms with E-state index >= 15 is 0 Å². The third-order valence-electron chi connectivity index (χ3n) is 9.85. The van der Waals surface area contributed by atoms with Crippen molar-refractivity contribution in [2.24, 2.45) is 77.3 Å². The second-order valence-electron chi connectivity index (χ2n) is 16.0. The molecule has 0 aromatic carbocycles. The Hall–Kier alpha value is -7.03. The zero-order valence-corrected chi connectivity index (χ0v) is 41.7. The fourth-order valence-corrected chi connectivity index (χ4v) is 6.45. The molecule has 0 saturated heterocycles. The molecule has 0 aromatic rings. The maximum Gasteiger partial charge on any atom is 0.335 e. The van der Waals surface area contributed by atoms with E-state index in [4.69, 9.17) is 57.3 Å². The number of thiol groups is 2. The average molecular weight is 1050 g/mol. The molecule has 28 N–H and O–H groups in total. The summed E-state index contributed by atoms with van der Waals surface area (Å²) in [6.07, 6.45) is -0.145. The number of primary amides is 1. The number of nitrogens with one attached hydrogen (secondary N) is 7. The Balaban J connectivity index is 6.67. The molecule has 33 heteroatoms. The number of carbonyl (C=O) groups excluding carboxylic acids is 8. The standard InChI is InChI=1S/C38H73N21O10S2/c1-17(27(62)56-20(26(39)61)8-4-12-49-34(40)41)53-29(64)21(9-5-13-50-35(42)43)58-31(66)23(11-7-15-52-37(46)47)59-30(65)22(10-6-14-51-36(44)45)57-28(63)18(2)54-32(67)24(55-19(3)60)16-25(70)38(48,71)33(68)69/h17-18,20-25,70-71H,4-16,48H2,1-3H3,(H2,39,61)(H,53,64)(H,54,67)(H,55,60)(H,56,62)(H,57,63)(H,58,66)(H,59,65)(H,68,69)(H4,40,41,49)(H4,42,43,50)(H4,44,45,51)(H4,46,47,52). The van der Waals surface area contributed by atoms with Crippen molar-refractivity contribution >= 4 is 102 Å². The number of guanidine groups is 4. The van der Waals surface area contributed by atoms with Gasteiger partial charge in [-0.05, 0) is 71.6 Å². The highest BCUT2D eigenvalue weighted by atomic mass is 32.1. The van der Waals surface area contributed by atoms with Gasteiger partial charge in [-0.2, -0.15) is 12.6 Å². The summed E-state index contributed by atoms with van der Waals surface area (Å²) < 4.78 is 0. The van der Waals surface area contributed by atoms with Crippen molar-refractivity contribution in [2.45, 2.75) is 131 Å². The van der Waals surface area contributed by atoms with Gasteiger partial charge in [-0.3, -0.25) is 58.3 Å². The third-order valence-corrected chi connectivity index (χ3v) is 11.2. The molecular weight excluding hydrogens is 975 g/mol. The van der Waals surface area contributed by atoms with Crippen LogP contribution in [0.4, 0.5) is 0 Å². The number of carbonyl (C=O) groups is 9. The smallest absolute Gasteiger partial charge is 0.335 e. The number of aliphatic imine (C=N–C) groups is 4. The summed E-state index contributed by atoms with van der Waals surface area (Å²) in [4.78, 5) is 131. The van der Waals surface area contributed by atoms with Gasteiger partial charge in [0.15, 0.2) is 28.7 Å². The predicted octanol–water partition coefficient (Wildman–Crippen LogP) is -8.50. The van der Waals surface area contributed by atoms with E-state index in [9.17, 15) is 48.3 Å². The summed E-state index contributed by atoms with van der Waals surface area (Å²) in [5.41, 5.74) is 54.6. The van der Waals surface area contributed by atoms with Crippen molar-refractivity contribution in [3.05, 3.63) is 0 Å². The van der Waals surface area contributed by atoms with Crippen LogP contribution >= 0.6 is 25.3 Å². The van der Waals surface area contributed by atoms with Gasteiger partial charge < -0.3 is 99.7 Å². The number of hydrogen-bond acceptors (Lipinski definition) is 16. The van der Waals surface area contributed by atoms with Gasteiger partial charge in [-0.15, -0.1) is 12.6 Å². The van der Waals surface area contributed by atoms with Crippen LogP contribution in [0.2, 0.25) is 0 Å². The first-order valence-electron chi connectivity index (χ1n) is 22.0. The highest BCUT2D eigenvalue weighted by Crippen LogP contribution is 2.23. The molecule has 0 fully saturated rings. The van der Waals surface area contributed by atoms with Crippen LogP contribution in [0.1, 0.15) is 78.6 Å². The molecule has 0 rings (SSSR count). The molecule has 71 heavy (non-hydrogen) atoms.